The van der Waals surface area contributed by atoms with Crippen LogP contribution >= 0.6 is 11.8 Å². The van der Waals surface area contributed by atoms with Crippen LogP contribution in [-0.4, -0.2) is 44.8 Å². The molecule has 112 valence electrons. The van der Waals surface area contributed by atoms with Crippen LogP contribution in [0.25, 0.3) is 0 Å². The second-order valence-electron chi connectivity index (χ2n) is 5.66. The molecule has 0 radical (unpaired) electrons. The van der Waals surface area contributed by atoms with Gasteiger partial charge in [-0.05, 0) is 62.5 Å². The first-order valence-electron chi connectivity index (χ1n) is 7.44. The van der Waals surface area contributed by atoms with Gasteiger partial charge in [0.05, 0.1) is 5.75 Å². The Morgan fingerprint density at radius 1 is 1.05 bits per heavy atom. The lowest BCUT2D eigenvalue weighted by Crippen LogP contribution is -2.32. The molecule has 0 atom stereocenters. The van der Waals surface area contributed by atoms with Gasteiger partial charge >= 0.3 is 0 Å². The molecule has 1 aliphatic heterocycles. The molecule has 1 saturated carbocycles. The fourth-order valence-electron chi connectivity index (χ4n) is 2.28. The van der Waals surface area contributed by atoms with E-state index in [1.54, 1.807) is 0 Å². The van der Waals surface area contributed by atoms with E-state index in [0.29, 0.717) is 12.5 Å². The van der Waals surface area contributed by atoms with Crippen molar-refractivity contribution in [2.45, 2.75) is 44.6 Å². The maximum atomic E-state index is 11.8. The van der Waals surface area contributed by atoms with E-state index in [1.165, 1.54) is 24.3 Å². The van der Waals surface area contributed by atoms with Crippen molar-refractivity contribution in [2.24, 2.45) is 5.92 Å². The molecule has 0 amide bonds. The van der Waals surface area contributed by atoms with E-state index in [-0.39, 0.29) is 5.75 Å². The highest BCUT2D eigenvalue weighted by Gasteiger charge is 2.20. The highest BCUT2D eigenvalue weighted by atomic mass is 32.2. The predicted molar refractivity (Wildman–Crippen MR) is 82.1 cm³/mol. The zero-order chi connectivity index (χ0) is 13.6. The lowest BCUT2D eigenvalue weighted by molar-refractivity contribution is 0.476. The van der Waals surface area contributed by atoms with Crippen molar-refractivity contribution in [3.63, 3.8) is 0 Å². The van der Waals surface area contributed by atoms with Gasteiger partial charge in [-0.3, -0.25) is 0 Å². The summed E-state index contributed by atoms with van der Waals surface area (Å²) in [5.41, 5.74) is 0. The van der Waals surface area contributed by atoms with Crippen LogP contribution in [0.3, 0.4) is 0 Å². The number of sulfonamides is 1. The number of thioether (sulfide) groups is 1. The Balaban J connectivity index is 1.52. The topological polar surface area (TPSA) is 58.2 Å². The molecule has 0 aromatic heterocycles. The van der Waals surface area contributed by atoms with Crippen molar-refractivity contribution in [3.8, 4) is 0 Å². The van der Waals surface area contributed by atoms with Crippen LogP contribution in [-0.2, 0) is 10.0 Å². The van der Waals surface area contributed by atoms with Gasteiger partial charge < -0.3 is 5.32 Å². The van der Waals surface area contributed by atoms with Crippen LogP contribution < -0.4 is 10.0 Å². The van der Waals surface area contributed by atoms with Crippen LogP contribution in [0.1, 0.15) is 38.5 Å². The molecule has 0 spiro atoms. The Bertz CT molecular complexity index is 350. The van der Waals surface area contributed by atoms with Crippen molar-refractivity contribution >= 4 is 21.8 Å². The third kappa shape index (κ3) is 6.97. The zero-order valence-electron chi connectivity index (χ0n) is 11.6. The SMILES string of the molecule is O=S(=O)(CCCCNC1CC1)NCC1CCSCC1. The van der Waals surface area contributed by atoms with Gasteiger partial charge in [0.15, 0.2) is 0 Å². The highest BCUT2D eigenvalue weighted by Crippen LogP contribution is 2.22. The van der Waals surface area contributed by atoms with Crippen molar-refractivity contribution < 1.29 is 8.42 Å². The van der Waals surface area contributed by atoms with Gasteiger partial charge in [-0.1, -0.05) is 0 Å². The van der Waals surface area contributed by atoms with Crippen molar-refractivity contribution in [3.05, 3.63) is 0 Å². The average molecular weight is 306 g/mol. The lowest BCUT2D eigenvalue weighted by atomic mass is 10.0. The molecule has 6 heteroatoms. The van der Waals surface area contributed by atoms with E-state index in [9.17, 15) is 8.42 Å². The molecule has 2 N–H and O–H groups in total. The normalized spacial score (nSPS) is 21.7. The molecule has 1 saturated heterocycles. The van der Waals surface area contributed by atoms with Crippen LogP contribution in [0.2, 0.25) is 0 Å². The van der Waals surface area contributed by atoms with Crippen LogP contribution in [0, 0.1) is 5.92 Å². The van der Waals surface area contributed by atoms with Crippen LogP contribution in [0.4, 0.5) is 0 Å². The van der Waals surface area contributed by atoms with Gasteiger partial charge in [0.25, 0.3) is 0 Å². The quantitative estimate of drug-likeness (QED) is 0.635. The maximum Gasteiger partial charge on any atom is 0.211 e. The van der Waals surface area contributed by atoms with E-state index in [4.69, 9.17) is 0 Å². The molecule has 19 heavy (non-hydrogen) atoms. The first-order chi connectivity index (χ1) is 9.16. The van der Waals surface area contributed by atoms with E-state index < -0.39 is 10.0 Å². The minimum atomic E-state index is -3.05. The molecule has 2 rings (SSSR count). The molecule has 0 aromatic rings. The summed E-state index contributed by atoms with van der Waals surface area (Å²) in [5.74, 6) is 3.19. The second kappa shape index (κ2) is 7.86. The number of hydrogen-bond donors (Lipinski definition) is 2. The van der Waals surface area contributed by atoms with Crippen LogP contribution in [0.15, 0.2) is 0 Å². The zero-order valence-corrected chi connectivity index (χ0v) is 13.2. The number of nitrogens with one attached hydrogen (secondary N) is 2. The van der Waals surface area contributed by atoms with Crippen molar-refractivity contribution in [2.75, 3.05) is 30.3 Å². The van der Waals surface area contributed by atoms with Gasteiger partial charge in [-0.2, -0.15) is 11.8 Å². The largest absolute Gasteiger partial charge is 0.314 e. The Hall–Kier alpha value is 0.220. The fourth-order valence-corrected chi connectivity index (χ4v) is 4.70. The molecular formula is C13H26N2O2S2. The van der Waals surface area contributed by atoms with Gasteiger partial charge in [0.1, 0.15) is 0 Å². The summed E-state index contributed by atoms with van der Waals surface area (Å²) in [6.45, 7) is 1.60. The van der Waals surface area contributed by atoms with E-state index in [1.807, 2.05) is 11.8 Å². The average Bonchev–Trinajstić information content (AvgIpc) is 3.21. The second-order valence-corrected chi connectivity index (χ2v) is 8.81. The molecule has 2 aliphatic rings. The van der Waals surface area contributed by atoms with Gasteiger partial charge in [-0.25, -0.2) is 13.1 Å². The van der Waals surface area contributed by atoms with Crippen molar-refractivity contribution in [1.82, 2.24) is 10.0 Å². The first-order valence-corrected chi connectivity index (χ1v) is 10.2. The number of rotatable bonds is 9. The van der Waals surface area contributed by atoms with Crippen LogP contribution in [0.5, 0.6) is 0 Å². The third-order valence-corrected chi connectivity index (χ3v) is 6.26. The molecule has 0 aromatic carbocycles. The molecule has 4 nitrogen and oxygen atoms in total. The third-order valence-electron chi connectivity index (χ3n) is 3.78. The van der Waals surface area contributed by atoms with E-state index >= 15 is 0 Å². The summed E-state index contributed by atoms with van der Waals surface area (Å²) in [7, 11) is -3.05. The smallest absolute Gasteiger partial charge is 0.211 e. The van der Waals surface area contributed by atoms with Gasteiger partial charge in [-0.15, -0.1) is 0 Å². The molecule has 2 fully saturated rings. The molecule has 0 unspecified atom stereocenters. The molecular weight excluding hydrogens is 280 g/mol. The summed E-state index contributed by atoms with van der Waals surface area (Å²) in [4.78, 5) is 0. The summed E-state index contributed by atoms with van der Waals surface area (Å²) >= 11 is 1.97. The molecule has 0 bridgehead atoms. The predicted octanol–water partition coefficient (Wildman–Crippen LogP) is 1.58. The minimum absolute atomic E-state index is 0.279. The Labute approximate surface area is 121 Å². The monoisotopic (exact) mass is 306 g/mol. The lowest BCUT2D eigenvalue weighted by Gasteiger charge is -2.21. The fraction of sp³-hybridized carbons (Fsp3) is 1.00. The summed E-state index contributed by atoms with van der Waals surface area (Å²) in [6.07, 6.45) is 6.60. The molecule has 1 aliphatic carbocycles. The summed E-state index contributed by atoms with van der Waals surface area (Å²) in [5, 5.41) is 3.41. The minimum Gasteiger partial charge on any atom is -0.314 e. The number of hydrogen-bond acceptors (Lipinski definition) is 4. The van der Waals surface area contributed by atoms with E-state index in [0.717, 1.165) is 38.3 Å². The van der Waals surface area contributed by atoms with Crippen molar-refractivity contribution in [1.29, 1.82) is 0 Å². The van der Waals surface area contributed by atoms with Gasteiger partial charge in [0.2, 0.25) is 10.0 Å². The molecule has 1 heterocycles. The van der Waals surface area contributed by atoms with E-state index in [2.05, 4.69) is 10.0 Å². The Kier molecular flexibility index (Phi) is 6.45. The Morgan fingerprint density at radius 3 is 2.47 bits per heavy atom. The highest BCUT2D eigenvalue weighted by molar-refractivity contribution is 7.99. The van der Waals surface area contributed by atoms with Gasteiger partial charge in [0, 0.05) is 12.6 Å². The number of unbranched alkanes of at least 4 members (excludes halogenated alkanes) is 1. The summed E-state index contributed by atoms with van der Waals surface area (Å²) < 4.78 is 26.5. The summed E-state index contributed by atoms with van der Waals surface area (Å²) in [6, 6.07) is 0.721. The Morgan fingerprint density at radius 2 is 1.79 bits per heavy atom. The maximum absolute atomic E-state index is 11.8. The first kappa shape index (κ1) is 15.6. The standard InChI is InChI=1S/C13H26N2O2S2/c16-19(17,10-2-1-7-14-13-3-4-13)15-11-12-5-8-18-9-6-12/h12-15H,1-11H2.